The number of hydrogen-bond acceptors (Lipinski definition) is 4. The number of anilines is 1. The number of carbonyl (C=O) groups excluding carboxylic acids is 2. The maximum atomic E-state index is 11.7. The standard InChI is InChI=1S/C13H11ClN4O2/c14-10-6-15-7-11(17-10)18-12(19)8-16-13(20)9-4-2-1-3-5-9/h1-7H,8H2,(H,16,20)(H,17,18,19). The fourth-order valence-corrected chi connectivity index (χ4v) is 1.59. The first kappa shape index (κ1) is 14.0. The van der Waals surface area contributed by atoms with Gasteiger partial charge in [-0.15, -0.1) is 0 Å². The summed E-state index contributed by atoms with van der Waals surface area (Å²) in [4.78, 5) is 31.0. The van der Waals surface area contributed by atoms with Gasteiger partial charge in [0.05, 0.1) is 18.9 Å². The van der Waals surface area contributed by atoms with Crippen LogP contribution in [0.1, 0.15) is 10.4 Å². The lowest BCUT2D eigenvalue weighted by molar-refractivity contribution is -0.115. The number of amides is 2. The van der Waals surface area contributed by atoms with Crippen molar-refractivity contribution in [3.63, 3.8) is 0 Å². The Bertz CT molecular complexity index is 619. The highest BCUT2D eigenvalue weighted by atomic mass is 35.5. The molecule has 0 aliphatic rings. The van der Waals surface area contributed by atoms with Gasteiger partial charge in [0.25, 0.3) is 5.91 Å². The fraction of sp³-hybridized carbons (Fsp3) is 0.0769. The maximum Gasteiger partial charge on any atom is 0.251 e. The van der Waals surface area contributed by atoms with E-state index in [0.717, 1.165) is 0 Å². The van der Waals surface area contributed by atoms with Crippen LogP contribution in [0.3, 0.4) is 0 Å². The number of halogens is 1. The van der Waals surface area contributed by atoms with Crippen LogP contribution in [0.4, 0.5) is 5.82 Å². The number of nitrogens with zero attached hydrogens (tertiary/aromatic N) is 2. The van der Waals surface area contributed by atoms with E-state index < -0.39 is 5.91 Å². The van der Waals surface area contributed by atoms with Gasteiger partial charge in [-0.2, -0.15) is 0 Å². The second kappa shape index (κ2) is 6.63. The number of nitrogens with one attached hydrogen (secondary N) is 2. The lowest BCUT2D eigenvalue weighted by atomic mass is 10.2. The number of aromatic nitrogens is 2. The predicted octanol–water partition coefficient (Wildman–Crippen LogP) is 1.50. The van der Waals surface area contributed by atoms with Crippen molar-refractivity contribution in [3.8, 4) is 0 Å². The first-order valence-electron chi connectivity index (χ1n) is 5.76. The molecule has 7 heteroatoms. The second-order valence-corrected chi connectivity index (χ2v) is 4.21. The van der Waals surface area contributed by atoms with E-state index in [4.69, 9.17) is 11.6 Å². The van der Waals surface area contributed by atoms with Crippen LogP contribution in [0.25, 0.3) is 0 Å². The van der Waals surface area contributed by atoms with Crippen molar-refractivity contribution >= 4 is 29.2 Å². The van der Waals surface area contributed by atoms with Crippen LogP contribution < -0.4 is 10.6 Å². The largest absolute Gasteiger partial charge is 0.343 e. The van der Waals surface area contributed by atoms with Crippen molar-refractivity contribution in [2.45, 2.75) is 0 Å². The minimum Gasteiger partial charge on any atom is -0.343 e. The summed E-state index contributed by atoms with van der Waals surface area (Å²) in [5, 5.41) is 5.16. The highest BCUT2D eigenvalue weighted by Crippen LogP contribution is 2.06. The molecule has 20 heavy (non-hydrogen) atoms. The van der Waals surface area contributed by atoms with Gasteiger partial charge in [-0.1, -0.05) is 29.8 Å². The van der Waals surface area contributed by atoms with Gasteiger partial charge in [-0.3, -0.25) is 14.6 Å². The molecule has 0 spiro atoms. The molecule has 0 radical (unpaired) electrons. The maximum absolute atomic E-state index is 11.7. The molecule has 2 amide bonds. The Morgan fingerprint density at radius 2 is 1.90 bits per heavy atom. The summed E-state index contributed by atoms with van der Waals surface area (Å²) in [5.41, 5.74) is 0.489. The zero-order valence-electron chi connectivity index (χ0n) is 10.3. The van der Waals surface area contributed by atoms with E-state index in [2.05, 4.69) is 20.6 Å². The van der Waals surface area contributed by atoms with Crippen molar-refractivity contribution in [2.75, 3.05) is 11.9 Å². The summed E-state index contributed by atoms with van der Waals surface area (Å²) in [6, 6.07) is 8.62. The van der Waals surface area contributed by atoms with Gasteiger partial charge in [-0.05, 0) is 12.1 Å². The minimum atomic E-state index is -0.411. The number of benzene rings is 1. The lowest BCUT2D eigenvalue weighted by Gasteiger charge is -2.06. The molecule has 6 nitrogen and oxygen atoms in total. The molecule has 2 N–H and O–H groups in total. The van der Waals surface area contributed by atoms with Gasteiger partial charge in [-0.25, -0.2) is 4.98 Å². The van der Waals surface area contributed by atoms with Gasteiger partial charge in [0, 0.05) is 5.56 Å². The van der Waals surface area contributed by atoms with E-state index in [-0.39, 0.29) is 23.4 Å². The number of carbonyl (C=O) groups is 2. The van der Waals surface area contributed by atoms with Crippen LogP contribution in [0.15, 0.2) is 42.7 Å². The van der Waals surface area contributed by atoms with Crippen molar-refractivity contribution < 1.29 is 9.59 Å². The molecule has 0 aliphatic carbocycles. The summed E-state index contributed by atoms with van der Waals surface area (Å²) in [5.74, 6) is -0.500. The summed E-state index contributed by atoms with van der Waals surface area (Å²) >= 11 is 5.64. The normalized spacial score (nSPS) is 9.85. The molecule has 102 valence electrons. The number of rotatable bonds is 4. The molecule has 0 fully saturated rings. The Morgan fingerprint density at radius 3 is 2.60 bits per heavy atom. The van der Waals surface area contributed by atoms with Crippen LogP contribution >= 0.6 is 11.6 Å². The molecular weight excluding hydrogens is 280 g/mol. The Kier molecular flexibility index (Phi) is 4.62. The van der Waals surface area contributed by atoms with E-state index in [0.29, 0.717) is 5.56 Å². The number of hydrogen-bond donors (Lipinski definition) is 2. The molecule has 1 aromatic heterocycles. The zero-order valence-corrected chi connectivity index (χ0v) is 11.1. The van der Waals surface area contributed by atoms with Crippen LogP contribution in [-0.4, -0.2) is 28.3 Å². The quantitative estimate of drug-likeness (QED) is 0.894. The zero-order chi connectivity index (χ0) is 14.4. The molecule has 1 aromatic carbocycles. The van der Waals surface area contributed by atoms with E-state index in [1.807, 2.05) is 0 Å². The van der Waals surface area contributed by atoms with Crippen LogP contribution in [0.2, 0.25) is 5.15 Å². The molecule has 2 aromatic rings. The highest BCUT2D eigenvalue weighted by Gasteiger charge is 2.08. The first-order chi connectivity index (χ1) is 9.65. The summed E-state index contributed by atoms with van der Waals surface area (Å²) in [6.07, 6.45) is 2.72. The summed E-state index contributed by atoms with van der Waals surface area (Å²) in [6.45, 7) is -0.165. The minimum absolute atomic E-state index is 0.165. The third-order valence-corrected chi connectivity index (χ3v) is 2.50. The van der Waals surface area contributed by atoms with Crippen LogP contribution in [-0.2, 0) is 4.79 Å². The van der Waals surface area contributed by atoms with E-state index in [1.54, 1.807) is 30.3 Å². The SMILES string of the molecule is O=C(CNC(=O)c1ccccc1)Nc1cncc(Cl)n1. The van der Waals surface area contributed by atoms with Gasteiger partial charge in [0.2, 0.25) is 5.91 Å². The fourth-order valence-electron chi connectivity index (χ4n) is 1.44. The van der Waals surface area contributed by atoms with Gasteiger partial charge < -0.3 is 10.6 Å². The third kappa shape index (κ3) is 4.03. The molecular formula is C13H11ClN4O2. The first-order valence-corrected chi connectivity index (χ1v) is 6.13. The summed E-state index contributed by atoms with van der Waals surface area (Å²) in [7, 11) is 0. The predicted molar refractivity (Wildman–Crippen MR) is 74.4 cm³/mol. The lowest BCUT2D eigenvalue weighted by Crippen LogP contribution is -2.33. The Labute approximate surface area is 120 Å². The monoisotopic (exact) mass is 290 g/mol. The molecule has 0 unspecified atom stereocenters. The third-order valence-electron chi connectivity index (χ3n) is 2.32. The smallest absolute Gasteiger partial charge is 0.251 e. The average molecular weight is 291 g/mol. The Hall–Kier alpha value is -2.47. The van der Waals surface area contributed by atoms with Crippen molar-refractivity contribution in [3.05, 3.63) is 53.4 Å². The van der Waals surface area contributed by atoms with Crippen molar-refractivity contribution in [2.24, 2.45) is 0 Å². The molecule has 1 heterocycles. The van der Waals surface area contributed by atoms with Crippen molar-refractivity contribution in [1.82, 2.24) is 15.3 Å². The van der Waals surface area contributed by atoms with Gasteiger partial charge >= 0.3 is 0 Å². The van der Waals surface area contributed by atoms with Crippen LogP contribution in [0, 0.1) is 0 Å². The highest BCUT2D eigenvalue weighted by molar-refractivity contribution is 6.29. The Balaban J connectivity index is 1.85. The molecule has 0 atom stereocenters. The average Bonchev–Trinajstić information content (AvgIpc) is 2.46. The van der Waals surface area contributed by atoms with E-state index in [9.17, 15) is 9.59 Å². The van der Waals surface area contributed by atoms with E-state index in [1.165, 1.54) is 12.4 Å². The summed E-state index contributed by atoms with van der Waals surface area (Å²) < 4.78 is 0. The molecule has 2 rings (SSSR count). The molecule has 0 aliphatic heterocycles. The van der Waals surface area contributed by atoms with E-state index >= 15 is 0 Å². The molecule has 0 bridgehead atoms. The van der Waals surface area contributed by atoms with Gasteiger partial charge in [0.1, 0.15) is 5.15 Å². The van der Waals surface area contributed by atoms with Gasteiger partial charge in [0.15, 0.2) is 5.82 Å². The second-order valence-electron chi connectivity index (χ2n) is 3.82. The van der Waals surface area contributed by atoms with Crippen LogP contribution in [0.5, 0.6) is 0 Å². The molecule has 0 saturated heterocycles. The topological polar surface area (TPSA) is 84.0 Å². The van der Waals surface area contributed by atoms with Crippen molar-refractivity contribution in [1.29, 1.82) is 0 Å². The molecule has 0 saturated carbocycles. The Morgan fingerprint density at radius 1 is 1.15 bits per heavy atom.